The van der Waals surface area contributed by atoms with Gasteiger partial charge in [0, 0.05) is 12.6 Å². The number of thioether (sulfide) groups is 1. The van der Waals surface area contributed by atoms with E-state index in [-0.39, 0.29) is 5.91 Å². The molecular weight excluding hydrogens is 462 g/mol. The summed E-state index contributed by atoms with van der Waals surface area (Å²) in [6.45, 7) is 11.7. The lowest BCUT2D eigenvalue weighted by Crippen LogP contribution is -2.51. The molecule has 0 radical (unpaired) electrons. The minimum absolute atomic E-state index is 0.342. The van der Waals surface area contributed by atoms with E-state index in [0.29, 0.717) is 24.3 Å². The van der Waals surface area contributed by atoms with Crippen molar-refractivity contribution in [2.24, 2.45) is 0 Å². The number of rotatable bonds is 12. The molecule has 0 heterocycles. The molecule has 8 heteroatoms. The Morgan fingerprint density at radius 1 is 1.17 bits per heavy atom. The maximum absolute atomic E-state index is 13.7. The number of nitrogens with zero attached hydrogens (tertiary/aromatic N) is 1. The number of hydrogen-bond acceptors (Lipinski definition) is 5. The fraction of sp³-hybridized carbons (Fsp3) is 0.593. The quantitative estimate of drug-likeness (QED) is 0.245. The van der Waals surface area contributed by atoms with Crippen LogP contribution in [0, 0.1) is 26.3 Å². The van der Waals surface area contributed by atoms with Crippen molar-refractivity contribution < 1.29 is 19.1 Å². The molecule has 7 nitrogen and oxygen atoms in total. The Hall–Kier alpha value is -2.66. The number of terminal acetylenes is 1. The zero-order valence-corrected chi connectivity index (χ0v) is 23.0. The number of aryl methyl sites for hydroxylation is 2. The highest BCUT2D eigenvalue weighted by atomic mass is 32.2. The van der Waals surface area contributed by atoms with E-state index >= 15 is 0 Å². The summed E-state index contributed by atoms with van der Waals surface area (Å²) in [4.78, 5) is 40.6. The number of ether oxygens (including phenoxy) is 1. The molecule has 194 valence electrons. The molecule has 0 aliphatic heterocycles. The number of hydrogen-bond donors (Lipinski definition) is 2. The van der Waals surface area contributed by atoms with Crippen LogP contribution in [-0.4, -0.2) is 53.0 Å². The van der Waals surface area contributed by atoms with Crippen LogP contribution in [0.5, 0.6) is 0 Å². The van der Waals surface area contributed by atoms with Crippen molar-refractivity contribution in [3.8, 4) is 12.5 Å². The molecule has 0 aromatic heterocycles. The summed E-state index contributed by atoms with van der Waals surface area (Å²) >= 11 is 1.54. The third kappa shape index (κ3) is 10.2. The Labute approximate surface area is 215 Å². The van der Waals surface area contributed by atoms with Crippen LogP contribution < -0.4 is 10.6 Å². The van der Waals surface area contributed by atoms with Gasteiger partial charge in [0.05, 0.1) is 0 Å². The molecule has 2 N–H and O–H groups in total. The van der Waals surface area contributed by atoms with Crippen molar-refractivity contribution >= 4 is 29.7 Å². The summed E-state index contributed by atoms with van der Waals surface area (Å²) in [5.74, 6) is -0.266. The first kappa shape index (κ1) is 30.4. The van der Waals surface area contributed by atoms with Crippen molar-refractivity contribution in [3.63, 3.8) is 0 Å². The third-order valence-corrected chi connectivity index (χ3v) is 6.05. The molecule has 35 heavy (non-hydrogen) atoms. The number of amides is 3. The highest BCUT2D eigenvalue weighted by Crippen LogP contribution is 2.25. The van der Waals surface area contributed by atoms with Gasteiger partial charge in [0.1, 0.15) is 17.7 Å². The maximum atomic E-state index is 13.7. The van der Waals surface area contributed by atoms with Crippen LogP contribution in [0.25, 0.3) is 0 Å². The Morgan fingerprint density at radius 2 is 1.86 bits per heavy atom. The Morgan fingerprint density at radius 3 is 2.40 bits per heavy atom. The lowest BCUT2D eigenvalue weighted by atomic mass is 9.98. The molecule has 0 aliphatic carbocycles. The number of unbranched alkanes of at least 4 members (excludes halogenated alkanes) is 2. The number of benzene rings is 1. The lowest BCUT2D eigenvalue weighted by molar-refractivity contribution is -0.138. The zero-order valence-electron chi connectivity index (χ0n) is 22.2. The van der Waals surface area contributed by atoms with Crippen molar-refractivity contribution in [2.45, 2.75) is 84.9 Å². The summed E-state index contributed by atoms with van der Waals surface area (Å²) in [6, 6.07) is 6.06. The first-order valence-electron chi connectivity index (χ1n) is 12.1. The Kier molecular flexibility index (Phi) is 12.7. The first-order valence-corrected chi connectivity index (χ1v) is 13.5. The van der Waals surface area contributed by atoms with Crippen molar-refractivity contribution in [3.05, 3.63) is 34.9 Å². The van der Waals surface area contributed by atoms with E-state index in [1.54, 1.807) is 32.5 Å². The second-order valence-corrected chi connectivity index (χ2v) is 10.5. The number of nitrogens with one attached hydrogen (secondary N) is 2. The van der Waals surface area contributed by atoms with Crippen molar-refractivity contribution in [2.75, 3.05) is 18.6 Å². The predicted octanol–water partition coefficient (Wildman–Crippen LogP) is 4.72. The van der Waals surface area contributed by atoms with Crippen LogP contribution in [-0.2, 0) is 14.3 Å². The van der Waals surface area contributed by atoms with E-state index in [9.17, 15) is 14.4 Å². The summed E-state index contributed by atoms with van der Waals surface area (Å²) in [5.41, 5.74) is 1.96. The van der Waals surface area contributed by atoms with Gasteiger partial charge in [-0.2, -0.15) is 11.8 Å². The highest BCUT2D eigenvalue weighted by Gasteiger charge is 2.35. The summed E-state index contributed by atoms with van der Waals surface area (Å²) in [5, 5.41) is 5.58. The average molecular weight is 504 g/mol. The van der Waals surface area contributed by atoms with Gasteiger partial charge in [-0.25, -0.2) is 4.79 Å². The van der Waals surface area contributed by atoms with Gasteiger partial charge in [0.25, 0.3) is 5.91 Å². The molecule has 1 rings (SSSR count). The standard InChI is InChI=1S/C27H41N3O4S/c1-9-11-12-16-28-24(31)23(21-14-13-19(3)20(4)18-21)30(10-2)25(32)22(15-17-35-8)29-26(33)34-27(5,6)7/h2,13-14,18,22-23H,9,11-12,15-17H2,1,3-8H3,(H,28,31)(H,29,33). The minimum atomic E-state index is -1.02. The maximum Gasteiger partial charge on any atom is 0.408 e. The highest BCUT2D eigenvalue weighted by molar-refractivity contribution is 7.98. The third-order valence-electron chi connectivity index (χ3n) is 5.41. The van der Waals surface area contributed by atoms with Gasteiger partial charge >= 0.3 is 6.09 Å². The van der Waals surface area contributed by atoms with Crippen LogP contribution in [0.3, 0.4) is 0 Å². The molecule has 0 aliphatic rings. The summed E-state index contributed by atoms with van der Waals surface area (Å²) in [6.07, 6.45) is 10.2. The van der Waals surface area contributed by atoms with E-state index in [4.69, 9.17) is 11.2 Å². The van der Waals surface area contributed by atoms with Crippen LogP contribution in [0.2, 0.25) is 0 Å². The van der Waals surface area contributed by atoms with E-state index in [2.05, 4.69) is 23.6 Å². The smallest absolute Gasteiger partial charge is 0.408 e. The topological polar surface area (TPSA) is 87.7 Å². The van der Waals surface area contributed by atoms with E-state index in [1.807, 2.05) is 38.3 Å². The van der Waals surface area contributed by atoms with Crippen LogP contribution in [0.15, 0.2) is 18.2 Å². The molecule has 3 amide bonds. The van der Waals surface area contributed by atoms with Gasteiger partial charge in [0.15, 0.2) is 0 Å². The first-order chi connectivity index (χ1) is 16.4. The SMILES string of the molecule is C#CN(C(=O)C(CCSC)NC(=O)OC(C)(C)C)C(C(=O)NCCCCC)c1ccc(C)c(C)c1. The lowest BCUT2D eigenvalue weighted by Gasteiger charge is -2.30. The summed E-state index contributed by atoms with van der Waals surface area (Å²) < 4.78 is 5.35. The van der Waals surface area contributed by atoms with Crippen LogP contribution >= 0.6 is 11.8 Å². The number of carbonyl (C=O) groups excluding carboxylic acids is 3. The van der Waals surface area contributed by atoms with Gasteiger partial charge < -0.3 is 15.4 Å². The number of carbonyl (C=O) groups is 3. The van der Waals surface area contributed by atoms with E-state index < -0.39 is 29.7 Å². The molecule has 0 bridgehead atoms. The van der Waals surface area contributed by atoms with Crippen LogP contribution in [0.4, 0.5) is 4.79 Å². The predicted molar refractivity (Wildman–Crippen MR) is 143 cm³/mol. The molecule has 0 fully saturated rings. The molecule has 0 saturated carbocycles. The van der Waals surface area contributed by atoms with Crippen LogP contribution in [0.1, 0.15) is 76.1 Å². The molecule has 2 atom stereocenters. The van der Waals surface area contributed by atoms with Gasteiger partial charge in [-0.1, -0.05) is 44.4 Å². The Balaban J connectivity index is 3.31. The molecular formula is C27H41N3O4S. The molecule has 1 aromatic rings. The van der Waals surface area contributed by atoms with E-state index in [1.165, 1.54) is 0 Å². The monoisotopic (exact) mass is 503 g/mol. The summed E-state index contributed by atoms with van der Waals surface area (Å²) in [7, 11) is 0. The fourth-order valence-electron chi connectivity index (χ4n) is 3.41. The second kappa shape index (κ2) is 14.7. The Bertz CT molecular complexity index is 905. The molecule has 0 spiro atoms. The molecule has 0 saturated heterocycles. The molecule has 1 aromatic carbocycles. The van der Waals surface area contributed by atoms with Gasteiger partial charge in [-0.05, 0) is 76.2 Å². The van der Waals surface area contributed by atoms with Gasteiger partial charge in [-0.3, -0.25) is 14.5 Å². The fourth-order valence-corrected chi connectivity index (χ4v) is 3.88. The zero-order chi connectivity index (χ0) is 26.6. The largest absolute Gasteiger partial charge is 0.444 e. The molecule has 2 unspecified atom stereocenters. The van der Waals surface area contributed by atoms with Gasteiger partial charge in [-0.15, -0.1) is 0 Å². The van der Waals surface area contributed by atoms with Gasteiger partial charge in [0.2, 0.25) is 5.91 Å². The number of alkyl carbamates (subject to hydrolysis) is 1. The normalized spacial score (nSPS) is 12.7. The second-order valence-electron chi connectivity index (χ2n) is 9.56. The average Bonchev–Trinajstić information content (AvgIpc) is 2.78. The van der Waals surface area contributed by atoms with Crippen molar-refractivity contribution in [1.29, 1.82) is 0 Å². The van der Waals surface area contributed by atoms with Crippen molar-refractivity contribution in [1.82, 2.24) is 15.5 Å². The minimum Gasteiger partial charge on any atom is -0.444 e. The van der Waals surface area contributed by atoms with E-state index in [0.717, 1.165) is 35.3 Å².